The third-order valence-corrected chi connectivity index (χ3v) is 6.09. The van der Waals surface area contributed by atoms with Crippen LogP contribution in [0, 0.1) is 5.82 Å². The van der Waals surface area contributed by atoms with Gasteiger partial charge in [-0.2, -0.15) is 0 Å². The Morgan fingerprint density at radius 2 is 1.88 bits per heavy atom. The summed E-state index contributed by atoms with van der Waals surface area (Å²) >= 11 is 0. The smallest absolute Gasteiger partial charge is 0.225 e. The minimum Gasteiger partial charge on any atom is -0.375 e. The molecule has 6 heteroatoms. The Bertz CT molecular complexity index is 998. The first-order valence-corrected chi connectivity index (χ1v) is 11.5. The molecule has 0 saturated carbocycles. The lowest BCUT2D eigenvalue weighted by Crippen LogP contribution is -2.44. The van der Waals surface area contributed by atoms with Gasteiger partial charge in [0.25, 0.3) is 0 Å². The maximum atomic E-state index is 14.7. The predicted octanol–water partition coefficient (Wildman–Crippen LogP) is 4.69. The van der Waals surface area contributed by atoms with Gasteiger partial charge in [-0.1, -0.05) is 36.4 Å². The maximum absolute atomic E-state index is 14.7. The van der Waals surface area contributed by atoms with Crippen molar-refractivity contribution in [2.45, 2.75) is 44.2 Å². The number of amides is 1. The Kier molecular flexibility index (Phi) is 7.81. The minimum absolute atomic E-state index is 0.0403. The van der Waals surface area contributed by atoms with E-state index in [0.717, 1.165) is 17.7 Å². The zero-order chi connectivity index (χ0) is 23.0. The molecule has 33 heavy (non-hydrogen) atoms. The van der Waals surface area contributed by atoms with Crippen LogP contribution >= 0.6 is 0 Å². The van der Waals surface area contributed by atoms with Crippen molar-refractivity contribution in [3.05, 3.63) is 95.6 Å². The van der Waals surface area contributed by atoms with Crippen LogP contribution < -0.4 is 10.6 Å². The van der Waals surface area contributed by atoms with Crippen LogP contribution in [0.25, 0.3) is 0 Å². The molecule has 3 aromatic rings. The number of nitrogens with zero attached hydrogens (tertiary/aromatic N) is 1. The number of ether oxygens (including phenoxy) is 1. The summed E-state index contributed by atoms with van der Waals surface area (Å²) in [6.45, 7) is 3.48. The number of pyridine rings is 1. The van der Waals surface area contributed by atoms with Crippen LogP contribution in [-0.4, -0.2) is 36.2 Å². The van der Waals surface area contributed by atoms with Gasteiger partial charge in [0.2, 0.25) is 5.91 Å². The Morgan fingerprint density at radius 1 is 1.12 bits per heavy atom. The molecule has 1 amide bonds. The Morgan fingerprint density at radius 3 is 2.61 bits per heavy atom. The number of hydrogen-bond donors (Lipinski definition) is 2. The van der Waals surface area contributed by atoms with Gasteiger partial charge in [-0.05, 0) is 55.2 Å². The first-order chi connectivity index (χ1) is 16.1. The summed E-state index contributed by atoms with van der Waals surface area (Å²) in [7, 11) is 0. The third kappa shape index (κ3) is 6.24. The quantitative estimate of drug-likeness (QED) is 0.526. The minimum atomic E-state index is -0.307. The number of carbonyl (C=O) groups is 1. The van der Waals surface area contributed by atoms with Crippen LogP contribution in [0.3, 0.4) is 0 Å². The largest absolute Gasteiger partial charge is 0.375 e. The average molecular weight is 448 g/mol. The molecule has 1 aliphatic rings. The number of anilines is 1. The highest BCUT2D eigenvalue weighted by molar-refractivity contribution is 5.92. The van der Waals surface area contributed by atoms with Gasteiger partial charge in [-0.25, -0.2) is 4.39 Å². The van der Waals surface area contributed by atoms with Gasteiger partial charge >= 0.3 is 0 Å². The van der Waals surface area contributed by atoms with E-state index in [1.54, 1.807) is 24.5 Å². The summed E-state index contributed by atoms with van der Waals surface area (Å²) in [4.78, 5) is 17.2. The maximum Gasteiger partial charge on any atom is 0.225 e. The first kappa shape index (κ1) is 23.1. The van der Waals surface area contributed by atoms with Gasteiger partial charge < -0.3 is 15.4 Å². The fourth-order valence-electron chi connectivity index (χ4n) is 4.25. The molecular weight excluding hydrogens is 417 g/mol. The zero-order valence-electron chi connectivity index (χ0n) is 18.8. The van der Waals surface area contributed by atoms with E-state index in [-0.39, 0.29) is 30.2 Å². The molecular formula is C27H30FN3O2. The van der Waals surface area contributed by atoms with E-state index in [4.69, 9.17) is 4.74 Å². The Hall–Kier alpha value is -3.09. The highest BCUT2D eigenvalue weighted by Gasteiger charge is 2.21. The summed E-state index contributed by atoms with van der Waals surface area (Å²) in [6.07, 6.45) is 4.94. The van der Waals surface area contributed by atoms with Crippen LogP contribution in [0.1, 0.15) is 42.4 Å². The van der Waals surface area contributed by atoms with Crippen molar-refractivity contribution in [2.24, 2.45) is 0 Å². The lowest BCUT2D eigenvalue weighted by Gasteiger charge is -2.28. The lowest BCUT2D eigenvalue weighted by molar-refractivity contribution is -0.116. The van der Waals surface area contributed by atoms with Crippen molar-refractivity contribution < 1.29 is 13.9 Å². The van der Waals surface area contributed by atoms with E-state index in [2.05, 4.69) is 22.5 Å². The molecule has 172 valence electrons. The van der Waals surface area contributed by atoms with Gasteiger partial charge in [-0.3, -0.25) is 9.78 Å². The lowest BCUT2D eigenvalue weighted by atomic mass is 9.89. The summed E-state index contributed by atoms with van der Waals surface area (Å²) in [5.74, 6) is -0.578. The molecule has 1 fully saturated rings. The van der Waals surface area contributed by atoms with E-state index in [1.165, 1.54) is 6.07 Å². The summed E-state index contributed by atoms with van der Waals surface area (Å²) < 4.78 is 20.5. The van der Waals surface area contributed by atoms with Crippen molar-refractivity contribution in [1.82, 2.24) is 10.3 Å². The van der Waals surface area contributed by atoms with Crippen molar-refractivity contribution in [3.8, 4) is 0 Å². The molecule has 0 unspecified atom stereocenters. The molecule has 1 saturated heterocycles. The number of hydrogen-bond acceptors (Lipinski definition) is 4. The fraction of sp³-hybridized carbons (Fsp3) is 0.333. The molecule has 3 atom stereocenters. The summed E-state index contributed by atoms with van der Waals surface area (Å²) in [6, 6.07) is 19.0. The molecule has 0 radical (unpaired) electrons. The number of aromatic nitrogens is 1. The third-order valence-electron chi connectivity index (χ3n) is 6.09. The van der Waals surface area contributed by atoms with Crippen LogP contribution in [0.5, 0.6) is 0 Å². The molecule has 0 bridgehead atoms. The molecule has 0 aliphatic carbocycles. The van der Waals surface area contributed by atoms with E-state index in [9.17, 15) is 9.18 Å². The highest BCUT2D eigenvalue weighted by atomic mass is 19.1. The van der Waals surface area contributed by atoms with Gasteiger partial charge in [0.05, 0.1) is 12.7 Å². The number of nitrogens with one attached hydrogen (secondary N) is 2. The fourth-order valence-corrected chi connectivity index (χ4v) is 4.25. The number of halogens is 1. The monoisotopic (exact) mass is 447 g/mol. The normalized spacial score (nSPS) is 19.1. The molecule has 2 heterocycles. The van der Waals surface area contributed by atoms with E-state index < -0.39 is 0 Å². The Balaban J connectivity index is 1.46. The van der Waals surface area contributed by atoms with Crippen LogP contribution in [0.15, 0.2) is 73.1 Å². The molecule has 2 aromatic carbocycles. The van der Waals surface area contributed by atoms with Crippen molar-refractivity contribution in [3.63, 3.8) is 0 Å². The molecule has 1 aliphatic heterocycles. The number of carbonyl (C=O) groups excluding carboxylic acids is 1. The number of benzene rings is 2. The standard InChI is InChI=1S/C27H30FN3O2/c1-19-18-33-22(17-30-19)10-11-23-25(28)8-5-9-26(23)31-27(32)16-24(20-6-3-2-4-7-20)21-12-14-29-15-13-21/h2-9,12-15,19,22,24,30H,10-11,16-18H2,1H3,(H,31,32)/t19-,22+,24+/m0/s1. The Labute approximate surface area is 194 Å². The second kappa shape index (κ2) is 11.2. The van der Waals surface area contributed by atoms with E-state index >= 15 is 0 Å². The van der Waals surface area contributed by atoms with Crippen LogP contribution in [-0.2, 0) is 16.0 Å². The average Bonchev–Trinajstić information content (AvgIpc) is 2.84. The number of rotatable bonds is 8. The predicted molar refractivity (Wildman–Crippen MR) is 128 cm³/mol. The van der Waals surface area contributed by atoms with Gasteiger partial charge in [0.15, 0.2) is 0 Å². The van der Waals surface area contributed by atoms with Crippen LogP contribution in [0.4, 0.5) is 10.1 Å². The molecule has 4 rings (SSSR count). The van der Waals surface area contributed by atoms with Crippen LogP contribution in [0.2, 0.25) is 0 Å². The van der Waals surface area contributed by atoms with Crippen molar-refractivity contribution >= 4 is 11.6 Å². The van der Waals surface area contributed by atoms with E-state index in [0.29, 0.717) is 36.7 Å². The number of morpholine rings is 1. The van der Waals surface area contributed by atoms with Gasteiger partial charge in [-0.15, -0.1) is 0 Å². The van der Waals surface area contributed by atoms with Gasteiger partial charge in [0.1, 0.15) is 5.82 Å². The summed E-state index contributed by atoms with van der Waals surface area (Å²) in [5, 5.41) is 6.35. The zero-order valence-corrected chi connectivity index (χ0v) is 18.8. The highest BCUT2D eigenvalue weighted by Crippen LogP contribution is 2.29. The molecule has 0 spiro atoms. The van der Waals surface area contributed by atoms with Crippen molar-refractivity contribution in [1.29, 1.82) is 0 Å². The molecule has 1 aromatic heterocycles. The van der Waals surface area contributed by atoms with E-state index in [1.807, 2.05) is 42.5 Å². The molecule has 2 N–H and O–H groups in total. The molecule has 5 nitrogen and oxygen atoms in total. The summed E-state index contributed by atoms with van der Waals surface area (Å²) in [5.41, 5.74) is 3.11. The SMILES string of the molecule is C[C@H]1CO[C@H](CCc2c(F)cccc2NC(=O)C[C@H](c2ccccc2)c2ccncc2)CN1. The topological polar surface area (TPSA) is 63.2 Å². The van der Waals surface area contributed by atoms with Gasteiger partial charge in [0, 0.05) is 48.6 Å². The van der Waals surface area contributed by atoms with Crippen molar-refractivity contribution in [2.75, 3.05) is 18.5 Å². The second-order valence-corrected chi connectivity index (χ2v) is 8.57. The first-order valence-electron chi connectivity index (χ1n) is 11.5. The second-order valence-electron chi connectivity index (χ2n) is 8.57.